The standard InChI is InChI=1S/C22H23BrN4O5S/c1-22(2,3)15-7-10-18(17(23)12-15)32-13-20(29)25-26-21(33)24-19(28)11-6-14-4-8-16(9-5-14)27(30)31/h4-12H,13H2,1-3H3,(H,25,29)(H2,24,26,28,33)/b11-6+. The molecule has 9 nitrogen and oxygen atoms in total. The van der Waals surface area contributed by atoms with Crippen LogP contribution < -0.4 is 20.9 Å². The summed E-state index contributed by atoms with van der Waals surface area (Å²) in [5.41, 5.74) is 6.40. The van der Waals surface area contributed by atoms with Crippen molar-refractivity contribution in [1.29, 1.82) is 0 Å². The fraction of sp³-hybridized carbons (Fsp3) is 0.227. The number of benzene rings is 2. The molecule has 0 heterocycles. The van der Waals surface area contributed by atoms with Crippen LogP contribution in [0.3, 0.4) is 0 Å². The van der Waals surface area contributed by atoms with Crippen molar-refractivity contribution in [3.05, 3.63) is 74.3 Å². The number of hydrazine groups is 1. The molecule has 2 amide bonds. The van der Waals surface area contributed by atoms with E-state index in [9.17, 15) is 19.7 Å². The average molecular weight is 535 g/mol. The average Bonchev–Trinajstić information content (AvgIpc) is 2.75. The fourth-order valence-corrected chi connectivity index (χ4v) is 3.10. The van der Waals surface area contributed by atoms with Crippen LogP contribution in [-0.2, 0) is 15.0 Å². The predicted octanol–water partition coefficient (Wildman–Crippen LogP) is 3.77. The van der Waals surface area contributed by atoms with Gasteiger partial charge in [0.05, 0.1) is 9.40 Å². The Bertz CT molecular complexity index is 1080. The van der Waals surface area contributed by atoms with Gasteiger partial charge in [0.25, 0.3) is 11.6 Å². The second-order valence-corrected chi connectivity index (χ2v) is 9.12. The maximum absolute atomic E-state index is 12.0. The van der Waals surface area contributed by atoms with Gasteiger partial charge >= 0.3 is 0 Å². The summed E-state index contributed by atoms with van der Waals surface area (Å²) in [6.45, 7) is 6.03. The van der Waals surface area contributed by atoms with Crippen molar-refractivity contribution in [2.45, 2.75) is 26.2 Å². The van der Waals surface area contributed by atoms with Crippen LogP contribution in [0.15, 0.2) is 53.0 Å². The van der Waals surface area contributed by atoms with Crippen molar-refractivity contribution in [1.82, 2.24) is 16.2 Å². The highest BCUT2D eigenvalue weighted by atomic mass is 79.9. The number of non-ortho nitro benzene ring substituents is 1. The Morgan fingerprint density at radius 3 is 2.39 bits per heavy atom. The highest BCUT2D eigenvalue weighted by molar-refractivity contribution is 9.10. The second kappa shape index (κ2) is 11.5. The minimum Gasteiger partial charge on any atom is -0.483 e. The van der Waals surface area contributed by atoms with Crippen molar-refractivity contribution < 1.29 is 19.2 Å². The van der Waals surface area contributed by atoms with Crippen LogP contribution in [0.1, 0.15) is 31.9 Å². The number of carbonyl (C=O) groups is 2. The van der Waals surface area contributed by atoms with E-state index >= 15 is 0 Å². The van der Waals surface area contributed by atoms with Crippen LogP contribution in [0.25, 0.3) is 6.08 Å². The van der Waals surface area contributed by atoms with E-state index in [1.54, 1.807) is 6.07 Å². The molecule has 0 unspecified atom stereocenters. The van der Waals surface area contributed by atoms with Crippen molar-refractivity contribution in [3.63, 3.8) is 0 Å². The van der Waals surface area contributed by atoms with Gasteiger partial charge in [0.1, 0.15) is 5.75 Å². The molecule has 0 radical (unpaired) electrons. The van der Waals surface area contributed by atoms with Gasteiger partial charge in [0, 0.05) is 18.2 Å². The van der Waals surface area contributed by atoms with Crippen molar-refractivity contribution in [3.8, 4) is 5.75 Å². The van der Waals surface area contributed by atoms with Gasteiger partial charge in [-0.05, 0) is 75.0 Å². The van der Waals surface area contributed by atoms with Crippen molar-refractivity contribution in [2.24, 2.45) is 0 Å². The van der Waals surface area contributed by atoms with Crippen LogP contribution in [-0.4, -0.2) is 28.5 Å². The Hall–Kier alpha value is -3.31. The highest BCUT2D eigenvalue weighted by Gasteiger charge is 2.15. The second-order valence-electron chi connectivity index (χ2n) is 7.86. The van der Waals surface area contributed by atoms with E-state index in [-0.39, 0.29) is 22.8 Å². The summed E-state index contributed by atoms with van der Waals surface area (Å²) < 4.78 is 6.24. The molecule has 0 saturated heterocycles. The van der Waals surface area contributed by atoms with Crippen LogP contribution in [0, 0.1) is 10.1 Å². The topological polar surface area (TPSA) is 123 Å². The van der Waals surface area contributed by atoms with E-state index in [1.807, 2.05) is 12.1 Å². The summed E-state index contributed by atoms with van der Waals surface area (Å²) in [4.78, 5) is 34.0. The van der Waals surface area contributed by atoms with Gasteiger partial charge in [0.15, 0.2) is 11.7 Å². The Morgan fingerprint density at radius 1 is 1.15 bits per heavy atom. The Kier molecular flexibility index (Phi) is 9.06. The first-order chi connectivity index (χ1) is 15.5. The summed E-state index contributed by atoms with van der Waals surface area (Å²) in [5.74, 6) is -0.524. The lowest BCUT2D eigenvalue weighted by molar-refractivity contribution is -0.384. The Morgan fingerprint density at radius 2 is 1.82 bits per heavy atom. The lowest BCUT2D eigenvalue weighted by Crippen LogP contribution is -2.49. The molecule has 174 valence electrons. The molecule has 2 aromatic carbocycles. The summed E-state index contributed by atoms with van der Waals surface area (Å²) in [6.07, 6.45) is 2.68. The van der Waals surface area contributed by atoms with E-state index < -0.39 is 16.7 Å². The third-order valence-electron chi connectivity index (χ3n) is 4.24. The zero-order chi connectivity index (χ0) is 24.6. The summed E-state index contributed by atoms with van der Waals surface area (Å²) in [7, 11) is 0. The molecule has 0 aliphatic rings. The molecule has 0 aliphatic carbocycles. The molecule has 2 rings (SSSR count). The minimum absolute atomic E-state index is 0.0144. The maximum atomic E-state index is 12.0. The maximum Gasteiger partial charge on any atom is 0.276 e. The number of halogens is 1. The summed E-state index contributed by atoms with van der Waals surface area (Å²) in [6, 6.07) is 11.3. The molecule has 0 spiro atoms. The van der Waals surface area contributed by atoms with Crippen LogP contribution in [0.2, 0.25) is 0 Å². The summed E-state index contributed by atoms with van der Waals surface area (Å²) in [5, 5.41) is 12.9. The molecule has 11 heteroatoms. The van der Waals surface area contributed by atoms with E-state index in [0.29, 0.717) is 11.3 Å². The summed E-state index contributed by atoms with van der Waals surface area (Å²) >= 11 is 8.40. The molecule has 2 aromatic rings. The largest absolute Gasteiger partial charge is 0.483 e. The fourth-order valence-electron chi connectivity index (χ4n) is 2.45. The number of nitro groups is 1. The lowest BCUT2D eigenvalue weighted by Gasteiger charge is -2.20. The number of thiocarbonyl (C=S) groups is 1. The number of amides is 2. The first kappa shape index (κ1) is 25.9. The first-order valence-corrected chi connectivity index (χ1v) is 10.9. The number of ether oxygens (including phenoxy) is 1. The molecular formula is C22H23BrN4O5S. The van der Waals surface area contributed by atoms with E-state index in [4.69, 9.17) is 17.0 Å². The number of nitrogens with zero attached hydrogens (tertiary/aromatic N) is 1. The van der Waals surface area contributed by atoms with Gasteiger partial charge in [-0.2, -0.15) is 0 Å². The van der Waals surface area contributed by atoms with Crippen LogP contribution in [0.4, 0.5) is 5.69 Å². The molecular weight excluding hydrogens is 512 g/mol. The van der Waals surface area contributed by atoms with Gasteiger partial charge in [-0.1, -0.05) is 26.8 Å². The minimum atomic E-state index is -0.542. The third-order valence-corrected chi connectivity index (χ3v) is 5.06. The van der Waals surface area contributed by atoms with Gasteiger partial charge in [-0.25, -0.2) is 0 Å². The third kappa shape index (κ3) is 8.62. The Balaban J connectivity index is 1.76. The van der Waals surface area contributed by atoms with Gasteiger partial charge in [-0.15, -0.1) is 0 Å². The number of nitrogens with one attached hydrogen (secondary N) is 3. The molecule has 3 N–H and O–H groups in total. The van der Waals surface area contributed by atoms with Crippen molar-refractivity contribution in [2.75, 3.05) is 6.61 Å². The van der Waals surface area contributed by atoms with Crippen LogP contribution >= 0.6 is 28.1 Å². The van der Waals surface area contributed by atoms with Crippen molar-refractivity contribution >= 4 is 56.8 Å². The predicted molar refractivity (Wildman–Crippen MR) is 132 cm³/mol. The molecule has 0 bridgehead atoms. The lowest BCUT2D eigenvalue weighted by atomic mass is 9.87. The number of rotatable bonds is 6. The van der Waals surface area contributed by atoms with Gasteiger partial charge < -0.3 is 4.74 Å². The van der Waals surface area contributed by atoms with Crippen LogP contribution in [0.5, 0.6) is 5.75 Å². The Labute approximate surface area is 204 Å². The molecule has 33 heavy (non-hydrogen) atoms. The SMILES string of the molecule is CC(C)(C)c1ccc(OCC(=O)NNC(=S)NC(=O)/C=C/c2ccc([N+](=O)[O-])cc2)c(Br)c1. The molecule has 0 atom stereocenters. The number of nitro benzene ring substituents is 1. The van der Waals surface area contributed by atoms with E-state index in [0.717, 1.165) is 10.0 Å². The zero-order valence-electron chi connectivity index (χ0n) is 18.2. The van der Waals surface area contributed by atoms with E-state index in [2.05, 4.69) is 52.9 Å². The van der Waals surface area contributed by atoms with Gasteiger partial charge in [-0.3, -0.25) is 35.9 Å². The van der Waals surface area contributed by atoms with E-state index in [1.165, 1.54) is 36.4 Å². The smallest absolute Gasteiger partial charge is 0.276 e. The molecule has 0 saturated carbocycles. The highest BCUT2D eigenvalue weighted by Crippen LogP contribution is 2.31. The quantitative estimate of drug-likeness (QED) is 0.223. The monoisotopic (exact) mass is 534 g/mol. The molecule has 0 aliphatic heterocycles. The van der Waals surface area contributed by atoms with Gasteiger partial charge in [0.2, 0.25) is 5.91 Å². The number of hydrogen-bond donors (Lipinski definition) is 3. The first-order valence-electron chi connectivity index (χ1n) is 9.71. The molecule has 0 aromatic heterocycles. The normalized spacial score (nSPS) is 11.0. The number of hydrogen-bond acceptors (Lipinski definition) is 6. The zero-order valence-corrected chi connectivity index (χ0v) is 20.6. The number of carbonyl (C=O) groups excluding carboxylic acids is 2. The molecule has 0 fully saturated rings.